The molecule has 0 aliphatic heterocycles. The standard InChI is InChI=1S/C24H32ClN/c1-2-3-4-5-6-7-8-9-10-11-12-19-13-15-23-21(17-19)22-18-20(25)14-16-24(22)26-23/h13-18,26H,2-12H2,1H3. The molecule has 1 aromatic heterocycles. The number of nitrogens with one attached hydrogen (secondary N) is 1. The normalized spacial score (nSPS) is 11.6. The van der Waals surface area contributed by atoms with Gasteiger partial charge in [-0.3, -0.25) is 0 Å². The Kier molecular flexibility index (Phi) is 7.43. The second kappa shape index (κ2) is 10.0. The highest BCUT2D eigenvalue weighted by Gasteiger charge is 2.06. The minimum atomic E-state index is 0.804. The maximum atomic E-state index is 6.18. The fourth-order valence-electron chi connectivity index (χ4n) is 3.89. The van der Waals surface area contributed by atoms with Gasteiger partial charge in [0.1, 0.15) is 0 Å². The van der Waals surface area contributed by atoms with E-state index >= 15 is 0 Å². The van der Waals surface area contributed by atoms with E-state index in [0.29, 0.717) is 0 Å². The molecule has 0 radical (unpaired) electrons. The Morgan fingerprint density at radius 3 is 1.96 bits per heavy atom. The van der Waals surface area contributed by atoms with Crippen molar-refractivity contribution < 1.29 is 0 Å². The molecule has 1 heterocycles. The molecule has 0 fully saturated rings. The van der Waals surface area contributed by atoms with Gasteiger partial charge in [-0.1, -0.05) is 82.4 Å². The molecule has 0 unspecified atom stereocenters. The van der Waals surface area contributed by atoms with Crippen molar-refractivity contribution in [3.63, 3.8) is 0 Å². The summed E-state index contributed by atoms with van der Waals surface area (Å²) in [6.45, 7) is 2.28. The Balaban J connectivity index is 1.43. The van der Waals surface area contributed by atoms with E-state index < -0.39 is 0 Å². The summed E-state index contributed by atoms with van der Waals surface area (Å²) in [5, 5.41) is 3.34. The van der Waals surface area contributed by atoms with Crippen LogP contribution in [-0.4, -0.2) is 4.98 Å². The minimum absolute atomic E-state index is 0.804. The van der Waals surface area contributed by atoms with Crippen molar-refractivity contribution in [2.24, 2.45) is 0 Å². The van der Waals surface area contributed by atoms with Crippen LogP contribution in [-0.2, 0) is 6.42 Å². The maximum absolute atomic E-state index is 6.18. The molecule has 3 rings (SSSR count). The van der Waals surface area contributed by atoms with Crippen molar-refractivity contribution in [3.05, 3.63) is 47.0 Å². The first-order valence-electron chi connectivity index (χ1n) is 10.5. The van der Waals surface area contributed by atoms with Crippen LogP contribution in [0.2, 0.25) is 5.02 Å². The first-order valence-corrected chi connectivity index (χ1v) is 10.9. The van der Waals surface area contributed by atoms with Crippen molar-refractivity contribution in [2.75, 3.05) is 0 Å². The molecule has 0 atom stereocenters. The molecule has 1 N–H and O–H groups in total. The number of hydrogen-bond acceptors (Lipinski definition) is 0. The van der Waals surface area contributed by atoms with E-state index in [1.807, 2.05) is 6.07 Å². The topological polar surface area (TPSA) is 15.8 Å². The average Bonchev–Trinajstić information content (AvgIpc) is 3.00. The van der Waals surface area contributed by atoms with Gasteiger partial charge in [0.25, 0.3) is 0 Å². The minimum Gasteiger partial charge on any atom is -0.355 e. The summed E-state index contributed by atoms with van der Waals surface area (Å²) in [5.41, 5.74) is 3.81. The molecule has 1 nitrogen and oxygen atoms in total. The fourth-order valence-corrected chi connectivity index (χ4v) is 4.06. The van der Waals surface area contributed by atoms with Crippen LogP contribution in [0.4, 0.5) is 0 Å². The fraction of sp³-hybridized carbons (Fsp3) is 0.500. The summed E-state index contributed by atoms with van der Waals surface area (Å²) in [6, 6.07) is 12.9. The molecular weight excluding hydrogens is 338 g/mol. The van der Waals surface area contributed by atoms with Crippen molar-refractivity contribution in [1.82, 2.24) is 4.98 Å². The SMILES string of the molecule is CCCCCCCCCCCCc1ccc2[nH]c3ccc(Cl)cc3c2c1. The second-order valence-corrected chi connectivity index (χ2v) is 8.06. The zero-order valence-electron chi connectivity index (χ0n) is 16.1. The van der Waals surface area contributed by atoms with Gasteiger partial charge in [-0.25, -0.2) is 0 Å². The third-order valence-corrected chi connectivity index (χ3v) is 5.68. The molecule has 2 heteroatoms. The van der Waals surface area contributed by atoms with Gasteiger partial charge in [0, 0.05) is 26.8 Å². The first kappa shape index (κ1) is 19.3. The zero-order chi connectivity index (χ0) is 18.2. The van der Waals surface area contributed by atoms with Gasteiger partial charge >= 0.3 is 0 Å². The Bertz CT molecular complexity index is 818. The summed E-state index contributed by atoms with van der Waals surface area (Å²) in [6.07, 6.45) is 15.1. The highest BCUT2D eigenvalue weighted by Crippen LogP contribution is 2.29. The molecule has 26 heavy (non-hydrogen) atoms. The van der Waals surface area contributed by atoms with Gasteiger partial charge in [-0.2, -0.15) is 0 Å². The highest BCUT2D eigenvalue weighted by molar-refractivity contribution is 6.31. The van der Waals surface area contributed by atoms with E-state index in [2.05, 4.69) is 42.2 Å². The monoisotopic (exact) mass is 369 g/mol. The third kappa shape index (κ3) is 5.27. The van der Waals surface area contributed by atoms with Crippen LogP contribution >= 0.6 is 11.6 Å². The molecule has 2 aromatic carbocycles. The van der Waals surface area contributed by atoms with Crippen LogP contribution < -0.4 is 0 Å². The zero-order valence-corrected chi connectivity index (χ0v) is 16.9. The van der Waals surface area contributed by atoms with E-state index in [9.17, 15) is 0 Å². The van der Waals surface area contributed by atoms with Crippen LogP contribution in [0.5, 0.6) is 0 Å². The third-order valence-electron chi connectivity index (χ3n) is 5.44. The van der Waals surface area contributed by atoms with Crippen LogP contribution in [0.1, 0.15) is 76.7 Å². The number of H-pyrrole nitrogens is 1. The highest BCUT2D eigenvalue weighted by atomic mass is 35.5. The molecule has 0 saturated carbocycles. The van der Waals surface area contributed by atoms with E-state index in [1.165, 1.54) is 98.0 Å². The molecule has 3 aromatic rings. The van der Waals surface area contributed by atoms with Gasteiger partial charge in [0.05, 0.1) is 0 Å². The summed E-state index contributed by atoms with van der Waals surface area (Å²) >= 11 is 6.18. The van der Waals surface area contributed by atoms with Gasteiger partial charge < -0.3 is 4.98 Å². The van der Waals surface area contributed by atoms with Crippen LogP contribution in [0.15, 0.2) is 36.4 Å². The van der Waals surface area contributed by atoms with E-state index in [4.69, 9.17) is 11.6 Å². The number of hydrogen-bond donors (Lipinski definition) is 1. The lowest BCUT2D eigenvalue weighted by Crippen LogP contribution is -1.87. The smallest absolute Gasteiger partial charge is 0.0465 e. The number of rotatable bonds is 11. The van der Waals surface area contributed by atoms with Crippen molar-refractivity contribution in [3.8, 4) is 0 Å². The first-order chi connectivity index (χ1) is 12.8. The summed E-state index contributed by atoms with van der Waals surface area (Å²) < 4.78 is 0. The number of halogens is 1. The molecule has 0 bridgehead atoms. The quantitative estimate of drug-likeness (QED) is 0.326. The van der Waals surface area contributed by atoms with Crippen molar-refractivity contribution >= 4 is 33.4 Å². The predicted octanol–water partition coefficient (Wildman–Crippen LogP) is 8.44. The number of aromatic nitrogens is 1. The summed E-state index contributed by atoms with van der Waals surface area (Å²) in [4.78, 5) is 3.48. The Morgan fingerprint density at radius 1 is 0.692 bits per heavy atom. The lowest BCUT2D eigenvalue weighted by Gasteiger charge is -2.04. The number of benzene rings is 2. The van der Waals surface area contributed by atoms with E-state index in [0.717, 1.165) is 5.02 Å². The van der Waals surface area contributed by atoms with Gasteiger partial charge in [0.15, 0.2) is 0 Å². The number of aromatic amines is 1. The van der Waals surface area contributed by atoms with Crippen molar-refractivity contribution in [1.29, 1.82) is 0 Å². The largest absolute Gasteiger partial charge is 0.355 e. The molecule has 0 aliphatic rings. The Morgan fingerprint density at radius 2 is 1.27 bits per heavy atom. The van der Waals surface area contributed by atoms with Gasteiger partial charge in [0.2, 0.25) is 0 Å². The van der Waals surface area contributed by atoms with Crippen molar-refractivity contribution in [2.45, 2.75) is 77.6 Å². The summed E-state index contributed by atoms with van der Waals surface area (Å²) in [5.74, 6) is 0. The van der Waals surface area contributed by atoms with Gasteiger partial charge in [-0.05, 0) is 48.7 Å². The lowest BCUT2D eigenvalue weighted by atomic mass is 10.0. The molecule has 0 saturated heterocycles. The predicted molar refractivity (Wildman–Crippen MR) is 116 cm³/mol. The van der Waals surface area contributed by atoms with Crippen LogP contribution in [0.25, 0.3) is 21.8 Å². The van der Waals surface area contributed by atoms with Crippen LogP contribution in [0, 0.1) is 0 Å². The van der Waals surface area contributed by atoms with Gasteiger partial charge in [-0.15, -0.1) is 0 Å². The average molecular weight is 370 g/mol. The van der Waals surface area contributed by atoms with E-state index in [-0.39, 0.29) is 0 Å². The number of aryl methyl sites for hydroxylation is 1. The van der Waals surface area contributed by atoms with Crippen LogP contribution in [0.3, 0.4) is 0 Å². The molecule has 0 aliphatic carbocycles. The number of unbranched alkanes of at least 4 members (excludes halogenated alkanes) is 9. The van der Waals surface area contributed by atoms with E-state index in [1.54, 1.807) is 0 Å². The lowest BCUT2D eigenvalue weighted by molar-refractivity contribution is 0.556. The maximum Gasteiger partial charge on any atom is 0.0465 e. The Labute approximate surface area is 163 Å². The molecular formula is C24H32ClN. The Hall–Kier alpha value is -1.47. The second-order valence-electron chi connectivity index (χ2n) is 7.63. The molecule has 0 spiro atoms. The number of fused-ring (bicyclic) bond motifs is 3. The molecule has 0 amide bonds. The molecule has 140 valence electrons. The summed E-state index contributed by atoms with van der Waals surface area (Å²) in [7, 11) is 0.